The number of phenols is 1. The van der Waals surface area contributed by atoms with E-state index in [0.717, 1.165) is 11.1 Å². The predicted molar refractivity (Wildman–Crippen MR) is 73.4 cm³/mol. The molecule has 0 aromatic heterocycles. The molecule has 2 aromatic rings. The SMILES string of the molecule is Cc1ccc([C@H](CC(=O)O)c2ccccc2)c(O)c1. The van der Waals surface area contributed by atoms with E-state index >= 15 is 0 Å². The van der Waals surface area contributed by atoms with E-state index in [1.54, 1.807) is 12.1 Å². The van der Waals surface area contributed by atoms with Gasteiger partial charge in [-0.3, -0.25) is 4.79 Å². The van der Waals surface area contributed by atoms with Crippen LogP contribution in [0.2, 0.25) is 0 Å². The summed E-state index contributed by atoms with van der Waals surface area (Å²) < 4.78 is 0. The second-order valence-electron chi connectivity index (χ2n) is 4.62. The first-order valence-corrected chi connectivity index (χ1v) is 6.14. The zero-order valence-corrected chi connectivity index (χ0v) is 10.7. The maximum Gasteiger partial charge on any atom is 0.304 e. The molecule has 0 fully saturated rings. The molecular weight excluding hydrogens is 240 g/mol. The number of carboxylic acids is 1. The molecule has 19 heavy (non-hydrogen) atoms. The largest absolute Gasteiger partial charge is 0.508 e. The lowest BCUT2D eigenvalue weighted by atomic mass is 9.87. The summed E-state index contributed by atoms with van der Waals surface area (Å²) in [7, 11) is 0. The molecule has 3 heteroatoms. The number of phenolic OH excluding ortho intramolecular Hbond substituents is 1. The Labute approximate surface area is 112 Å². The molecule has 0 aliphatic rings. The number of aromatic hydroxyl groups is 1. The molecule has 3 nitrogen and oxygen atoms in total. The fourth-order valence-electron chi connectivity index (χ4n) is 2.22. The number of carboxylic acid groups (broad SMARTS) is 1. The van der Waals surface area contributed by atoms with E-state index in [1.165, 1.54) is 0 Å². The van der Waals surface area contributed by atoms with Crippen molar-refractivity contribution in [2.45, 2.75) is 19.3 Å². The normalized spacial score (nSPS) is 12.1. The molecule has 0 aliphatic heterocycles. The third-order valence-electron chi connectivity index (χ3n) is 3.14. The van der Waals surface area contributed by atoms with Gasteiger partial charge in [-0.15, -0.1) is 0 Å². The van der Waals surface area contributed by atoms with Gasteiger partial charge in [0.15, 0.2) is 0 Å². The molecule has 0 spiro atoms. The first-order chi connectivity index (χ1) is 9.08. The Morgan fingerprint density at radius 2 is 1.84 bits per heavy atom. The van der Waals surface area contributed by atoms with Gasteiger partial charge >= 0.3 is 5.97 Å². The van der Waals surface area contributed by atoms with Crippen molar-refractivity contribution < 1.29 is 15.0 Å². The number of aliphatic carboxylic acids is 1. The minimum Gasteiger partial charge on any atom is -0.508 e. The fourth-order valence-corrected chi connectivity index (χ4v) is 2.22. The fraction of sp³-hybridized carbons (Fsp3) is 0.188. The second kappa shape index (κ2) is 5.57. The molecule has 0 saturated carbocycles. The molecule has 0 heterocycles. The van der Waals surface area contributed by atoms with Crippen molar-refractivity contribution in [3.05, 3.63) is 65.2 Å². The second-order valence-corrected chi connectivity index (χ2v) is 4.62. The summed E-state index contributed by atoms with van der Waals surface area (Å²) in [5, 5.41) is 19.1. The van der Waals surface area contributed by atoms with Gasteiger partial charge < -0.3 is 10.2 Å². The van der Waals surface area contributed by atoms with E-state index in [4.69, 9.17) is 5.11 Å². The highest BCUT2D eigenvalue weighted by Crippen LogP contribution is 2.34. The van der Waals surface area contributed by atoms with Crippen molar-refractivity contribution in [2.24, 2.45) is 0 Å². The molecule has 0 amide bonds. The number of aryl methyl sites for hydroxylation is 1. The van der Waals surface area contributed by atoms with E-state index < -0.39 is 5.97 Å². The minimum absolute atomic E-state index is 0.0410. The number of hydrogen-bond acceptors (Lipinski definition) is 2. The highest BCUT2D eigenvalue weighted by atomic mass is 16.4. The smallest absolute Gasteiger partial charge is 0.304 e. The van der Waals surface area contributed by atoms with Crippen LogP contribution in [0.4, 0.5) is 0 Å². The van der Waals surface area contributed by atoms with Gasteiger partial charge in [0.25, 0.3) is 0 Å². The van der Waals surface area contributed by atoms with E-state index in [9.17, 15) is 9.90 Å². The van der Waals surface area contributed by atoms with E-state index in [-0.39, 0.29) is 18.1 Å². The van der Waals surface area contributed by atoms with Crippen LogP contribution in [-0.4, -0.2) is 16.2 Å². The van der Waals surface area contributed by atoms with Crippen LogP contribution in [-0.2, 0) is 4.79 Å². The summed E-state index contributed by atoms with van der Waals surface area (Å²) >= 11 is 0. The molecule has 0 bridgehead atoms. The summed E-state index contributed by atoms with van der Waals surface area (Å²) in [4.78, 5) is 11.1. The monoisotopic (exact) mass is 256 g/mol. The molecule has 2 aromatic carbocycles. The van der Waals surface area contributed by atoms with Crippen LogP contribution in [0.25, 0.3) is 0 Å². The number of hydrogen-bond donors (Lipinski definition) is 2. The van der Waals surface area contributed by atoms with Crippen LogP contribution >= 0.6 is 0 Å². The molecule has 0 unspecified atom stereocenters. The maximum atomic E-state index is 11.1. The molecule has 0 saturated heterocycles. The van der Waals surface area contributed by atoms with Crippen molar-refractivity contribution in [2.75, 3.05) is 0 Å². The zero-order chi connectivity index (χ0) is 13.8. The minimum atomic E-state index is -0.881. The van der Waals surface area contributed by atoms with Gasteiger partial charge in [0.05, 0.1) is 6.42 Å². The van der Waals surface area contributed by atoms with Crippen LogP contribution in [0, 0.1) is 6.92 Å². The summed E-state index contributed by atoms with van der Waals surface area (Å²) in [6, 6.07) is 14.7. The summed E-state index contributed by atoms with van der Waals surface area (Å²) in [6.45, 7) is 1.89. The Kier molecular flexibility index (Phi) is 3.85. The van der Waals surface area contributed by atoms with Gasteiger partial charge in [0, 0.05) is 11.5 Å². The van der Waals surface area contributed by atoms with Crippen molar-refractivity contribution in [3.8, 4) is 5.75 Å². The van der Waals surface area contributed by atoms with Crippen molar-refractivity contribution in [3.63, 3.8) is 0 Å². The summed E-state index contributed by atoms with van der Waals surface area (Å²) in [5.41, 5.74) is 2.49. The molecule has 2 N–H and O–H groups in total. The van der Waals surface area contributed by atoms with E-state index in [2.05, 4.69) is 0 Å². The summed E-state index contributed by atoms with van der Waals surface area (Å²) in [5.74, 6) is -1.07. The number of benzene rings is 2. The van der Waals surface area contributed by atoms with Gasteiger partial charge in [0.1, 0.15) is 5.75 Å². The molecule has 2 rings (SSSR count). The molecular formula is C16H16O3. The highest BCUT2D eigenvalue weighted by molar-refractivity contribution is 5.69. The van der Waals surface area contributed by atoms with Crippen LogP contribution in [0.1, 0.15) is 29.0 Å². The lowest BCUT2D eigenvalue weighted by Crippen LogP contribution is -2.08. The Hall–Kier alpha value is -2.29. The quantitative estimate of drug-likeness (QED) is 0.882. The topological polar surface area (TPSA) is 57.5 Å². The van der Waals surface area contributed by atoms with E-state index in [0.29, 0.717) is 5.56 Å². The Morgan fingerprint density at radius 1 is 1.16 bits per heavy atom. The van der Waals surface area contributed by atoms with Gasteiger partial charge in [-0.05, 0) is 24.1 Å². The van der Waals surface area contributed by atoms with Crippen molar-refractivity contribution in [1.29, 1.82) is 0 Å². The number of carbonyl (C=O) groups is 1. The van der Waals surface area contributed by atoms with Crippen LogP contribution in [0.5, 0.6) is 5.75 Å². The third kappa shape index (κ3) is 3.13. The zero-order valence-electron chi connectivity index (χ0n) is 10.7. The Morgan fingerprint density at radius 3 is 2.42 bits per heavy atom. The van der Waals surface area contributed by atoms with E-state index in [1.807, 2.05) is 43.3 Å². The van der Waals surface area contributed by atoms with Crippen molar-refractivity contribution in [1.82, 2.24) is 0 Å². The predicted octanol–water partition coefficient (Wildman–Crippen LogP) is 3.31. The average Bonchev–Trinajstić information content (AvgIpc) is 2.37. The van der Waals surface area contributed by atoms with Crippen LogP contribution in [0.3, 0.4) is 0 Å². The first kappa shape index (κ1) is 13.1. The highest BCUT2D eigenvalue weighted by Gasteiger charge is 2.20. The maximum absolute atomic E-state index is 11.1. The first-order valence-electron chi connectivity index (χ1n) is 6.14. The third-order valence-corrected chi connectivity index (χ3v) is 3.14. The van der Waals surface area contributed by atoms with Crippen molar-refractivity contribution >= 4 is 5.97 Å². The van der Waals surface area contributed by atoms with Gasteiger partial charge in [0.2, 0.25) is 0 Å². The molecule has 1 atom stereocenters. The van der Waals surface area contributed by atoms with Gasteiger partial charge in [-0.2, -0.15) is 0 Å². The Bertz CT molecular complexity index is 576. The number of rotatable bonds is 4. The molecule has 98 valence electrons. The Balaban J connectivity index is 2.46. The molecule has 0 radical (unpaired) electrons. The average molecular weight is 256 g/mol. The molecule has 0 aliphatic carbocycles. The lowest BCUT2D eigenvalue weighted by molar-refractivity contribution is -0.137. The van der Waals surface area contributed by atoms with Crippen LogP contribution in [0.15, 0.2) is 48.5 Å². The van der Waals surface area contributed by atoms with Gasteiger partial charge in [-0.1, -0.05) is 42.5 Å². The summed E-state index contributed by atoms with van der Waals surface area (Å²) in [6.07, 6.45) is -0.0410. The standard InChI is InChI=1S/C16H16O3/c1-11-7-8-13(15(17)9-11)14(10-16(18)19)12-5-3-2-4-6-12/h2-9,14,17H,10H2,1H3,(H,18,19)/t14-/m1/s1. The van der Waals surface area contributed by atoms with Gasteiger partial charge in [-0.25, -0.2) is 0 Å². The van der Waals surface area contributed by atoms with Crippen LogP contribution < -0.4 is 0 Å². The lowest BCUT2D eigenvalue weighted by Gasteiger charge is -2.17.